The van der Waals surface area contributed by atoms with Gasteiger partial charge in [0.2, 0.25) is 0 Å². The Morgan fingerprint density at radius 1 is 1.58 bits per heavy atom. The molecular formula is C8H13NO3. The summed E-state index contributed by atoms with van der Waals surface area (Å²) in [6, 6.07) is 0. The number of nitrogens with two attached hydrogens (primary N) is 1. The minimum atomic E-state index is -0.993. The molecule has 2 fully saturated rings. The lowest BCUT2D eigenvalue weighted by molar-refractivity contribution is -0.141. The average molecular weight is 171 g/mol. The summed E-state index contributed by atoms with van der Waals surface area (Å²) in [6.45, 7) is 1.27. The zero-order valence-corrected chi connectivity index (χ0v) is 6.88. The Bertz CT molecular complexity index is 222. The summed E-state index contributed by atoms with van der Waals surface area (Å²) in [7, 11) is 0. The Hall–Kier alpha value is -0.610. The minimum absolute atomic E-state index is 0.239. The van der Waals surface area contributed by atoms with E-state index in [0.717, 1.165) is 19.4 Å². The highest BCUT2D eigenvalue weighted by molar-refractivity contribution is 5.84. The zero-order valence-electron chi connectivity index (χ0n) is 6.88. The normalized spacial score (nSPS) is 46.1. The van der Waals surface area contributed by atoms with Crippen LogP contribution in [-0.2, 0) is 9.53 Å². The summed E-state index contributed by atoms with van der Waals surface area (Å²) in [6.07, 6.45) is 2.41. The Morgan fingerprint density at radius 2 is 2.33 bits per heavy atom. The lowest BCUT2D eigenvalue weighted by atomic mass is 9.93. The summed E-state index contributed by atoms with van der Waals surface area (Å²) in [4.78, 5) is 10.8. The van der Waals surface area contributed by atoms with Gasteiger partial charge in [-0.25, -0.2) is 0 Å². The predicted octanol–water partition coefficient (Wildman–Crippen LogP) is -0.0310. The highest BCUT2D eigenvalue weighted by Crippen LogP contribution is 2.59. The maximum atomic E-state index is 10.8. The lowest BCUT2D eigenvalue weighted by Crippen LogP contribution is -2.42. The summed E-state index contributed by atoms with van der Waals surface area (Å²) < 4.78 is 5.25. The van der Waals surface area contributed by atoms with Gasteiger partial charge in [-0.15, -0.1) is 0 Å². The van der Waals surface area contributed by atoms with E-state index in [1.54, 1.807) is 0 Å². The molecule has 0 aromatic rings. The van der Waals surface area contributed by atoms with E-state index in [9.17, 15) is 4.79 Å². The first-order valence-electron chi connectivity index (χ1n) is 4.21. The van der Waals surface area contributed by atoms with Gasteiger partial charge in [-0.3, -0.25) is 4.79 Å². The number of hydrogen-bond donors (Lipinski definition) is 2. The number of aliphatic carboxylic acids is 1. The molecular weight excluding hydrogens is 158 g/mol. The fourth-order valence-electron chi connectivity index (χ4n) is 2.14. The van der Waals surface area contributed by atoms with E-state index in [4.69, 9.17) is 15.6 Å². The maximum absolute atomic E-state index is 10.8. The van der Waals surface area contributed by atoms with Crippen LogP contribution in [0.3, 0.4) is 0 Å². The number of carbonyl (C=O) groups is 1. The van der Waals surface area contributed by atoms with Gasteiger partial charge < -0.3 is 15.6 Å². The van der Waals surface area contributed by atoms with Crippen molar-refractivity contribution in [2.75, 3.05) is 13.2 Å². The number of hydrogen-bond acceptors (Lipinski definition) is 3. The van der Waals surface area contributed by atoms with Crippen LogP contribution < -0.4 is 5.73 Å². The van der Waals surface area contributed by atoms with Crippen molar-refractivity contribution in [1.82, 2.24) is 0 Å². The molecule has 1 saturated heterocycles. The van der Waals surface area contributed by atoms with Gasteiger partial charge in [0, 0.05) is 12.0 Å². The van der Waals surface area contributed by atoms with E-state index in [1.165, 1.54) is 0 Å². The molecule has 1 saturated carbocycles. The van der Waals surface area contributed by atoms with Crippen LogP contribution in [0, 0.1) is 5.41 Å². The quantitative estimate of drug-likeness (QED) is 0.581. The summed E-state index contributed by atoms with van der Waals surface area (Å²) >= 11 is 0. The second kappa shape index (κ2) is 2.20. The molecule has 68 valence electrons. The molecule has 1 heterocycles. The summed E-state index contributed by atoms with van der Waals surface area (Å²) in [5.74, 6) is -0.881. The lowest BCUT2D eigenvalue weighted by Gasteiger charge is -2.24. The van der Waals surface area contributed by atoms with E-state index in [0.29, 0.717) is 13.0 Å². The molecule has 0 unspecified atom stereocenters. The van der Waals surface area contributed by atoms with Crippen molar-refractivity contribution in [1.29, 1.82) is 0 Å². The first-order chi connectivity index (χ1) is 5.61. The molecule has 0 bridgehead atoms. The molecule has 2 aliphatic rings. The van der Waals surface area contributed by atoms with E-state index >= 15 is 0 Å². The average Bonchev–Trinajstić information content (AvgIpc) is 2.59. The standard InChI is InChI=1S/C8H13NO3/c9-8(6(10)11)4-7(8)2-1-3-12-5-7/h1-5,9H2,(H,10,11)/t7-,8-/m1/s1. The molecule has 1 spiro atoms. The van der Waals surface area contributed by atoms with Crippen molar-refractivity contribution in [3.8, 4) is 0 Å². The number of rotatable bonds is 1. The Kier molecular flexibility index (Phi) is 1.47. The molecule has 2 rings (SSSR count). The van der Waals surface area contributed by atoms with E-state index in [-0.39, 0.29) is 5.41 Å². The van der Waals surface area contributed by atoms with Gasteiger partial charge in [-0.1, -0.05) is 0 Å². The van der Waals surface area contributed by atoms with Gasteiger partial charge in [0.15, 0.2) is 0 Å². The Labute approximate surface area is 70.7 Å². The highest BCUT2D eigenvalue weighted by atomic mass is 16.5. The van der Waals surface area contributed by atoms with Crippen LogP contribution in [0.4, 0.5) is 0 Å². The van der Waals surface area contributed by atoms with Gasteiger partial charge in [-0.05, 0) is 19.3 Å². The fourth-order valence-corrected chi connectivity index (χ4v) is 2.14. The molecule has 4 heteroatoms. The van der Waals surface area contributed by atoms with Crippen LogP contribution in [0.1, 0.15) is 19.3 Å². The van der Waals surface area contributed by atoms with Crippen LogP contribution in [-0.4, -0.2) is 29.8 Å². The minimum Gasteiger partial charge on any atom is -0.480 e. The van der Waals surface area contributed by atoms with Crippen molar-refractivity contribution in [2.24, 2.45) is 11.1 Å². The largest absolute Gasteiger partial charge is 0.480 e. The number of ether oxygens (including phenoxy) is 1. The molecule has 2 atom stereocenters. The zero-order chi connectivity index (χ0) is 8.82. The fraction of sp³-hybridized carbons (Fsp3) is 0.875. The Balaban J connectivity index is 2.12. The van der Waals surface area contributed by atoms with Crippen molar-refractivity contribution in [3.05, 3.63) is 0 Å². The van der Waals surface area contributed by atoms with Gasteiger partial charge in [0.1, 0.15) is 5.54 Å². The van der Waals surface area contributed by atoms with Gasteiger partial charge in [-0.2, -0.15) is 0 Å². The van der Waals surface area contributed by atoms with E-state index in [2.05, 4.69) is 0 Å². The van der Waals surface area contributed by atoms with Crippen LogP contribution in [0.15, 0.2) is 0 Å². The maximum Gasteiger partial charge on any atom is 0.324 e. The van der Waals surface area contributed by atoms with Crippen LogP contribution >= 0.6 is 0 Å². The van der Waals surface area contributed by atoms with Crippen molar-refractivity contribution in [2.45, 2.75) is 24.8 Å². The van der Waals surface area contributed by atoms with E-state index < -0.39 is 11.5 Å². The third-order valence-corrected chi connectivity index (χ3v) is 3.14. The third-order valence-electron chi connectivity index (χ3n) is 3.14. The monoisotopic (exact) mass is 171 g/mol. The van der Waals surface area contributed by atoms with Gasteiger partial charge in [0.25, 0.3) is 0 Å². The summed E-state index contributed by atoms with van der Waals surface area (Å²) in [5, 5.41) is 8.85. The van der Waals surface area contributed by atoms with Crippen LogP contribution in [0.2, 0.25) is 0 Å². The smallest absolute Gasteiger partial charge is 0.324 e. The topological polar surface area (TPSA) is 72.6 Å². The Morgan fingerprint density at radius 3 is 2.75 bits per heavy atom. The molecule has 1 aliphatic carbocycles. The van der Waals surface area contributed by atoms with Crippen molar-refractivity contribution >= 4 is 5.97 Å². The number of carboxylic acids is 1. The van der Waals surface area contributed by atoms with Gasteiger partial charge >= 0.3 is 5.97 Å². The van der Waals surface area contributed by atoms with Crippen molar-refractivity contribution in [3.63, 3.8) is 0 Å². The summed E-state index contributed by atoms with van der Waals surface area (Å²) in [5.41, 5.74) is 4.49. The SMILES string of the molecule is N[C@@]1(C(=O)O)C[C@@]12CCCOC2. The van der Waals surface area contributed by atoms with Crippen molar-refractivity contribution < 1.29 is 14.6 Å². The first kappa shape index (κ1) is 8.01. The highest BCUT2D eigenvalue weighted by Gasteiger charge is 2.70. The van der Waals surface area contributed by atoms with Gasteiger partial charge in [0.05, 0.1) is 6.61 Å². The molecule has 12 heavy (non-hydrogen) atoms. The second-order valence-corrected chi connectivity index (χ2v) is 3.89. The third kappa shape index (κ3) is 0.820. The predicted molar refractivity (Wildman–Crippen MR) is 41.7 cm³/mol. The first-order valence-corrected chi connectivity index (χ1v) is 4.21. The molecule has 0 aromatic carbocycles. The molecule has 0 aromatic heterocycles. The van der Waals surface area contributed by atoms with Crippen LogP contribution in [0.25, 0.3) is 0 Å². The van der Waals surface area contributed by atoms with E-state index in [1.807, 2.05) is 0 Å². The second-order valence-electron chi connectivity index (χ2n) is 3.89. The van der Waals surface area contributed by atoms with Crippen LogP contribution in [0.5, 0.6) is 0 Å². The molecule has 0 radical (unpaired) electrons. The molecule has 1 aliphatic heterocycles. The number of carboxylic acid groups (broad SMARTS) is 1. The molecule has 4 nitrogen and oxygen atoms in total. The molecule has 3 N–H and O–H groups in total. The molecule has 0 amide bonds.